The molecule has 0 unspecified atom stereocenters. The maximum absolute atomic E-state index is 13.0. The number of carbonyl (C=O) groups is 2. The molecule has 3 aromatic heterocycles. The van der Waals surface area contributed by atoms with Gasteiger partial charge in [0.2, 0.25) is 5.91 Å². The number of benzene rings is 1. The first kappa shape index (κ1) is 20.8. The van der Waals surface area contributed by atoms with Crippen LogP contribution in [0.5, 0.6) is 0 Å². The molecule has 8 nitrogen and oxygen atoms in total. The van der Waals surface area contributed by atoms with E-state index in [4.69, 9.17) is 0 Å². The van der Waals surface area contributed by atoms with Crippen molar-refractivity contribution < 1.29 is 9.59 Å². The molecule has 0 fully saturated rings. The highest BCUT2D eigenvalue weighted by Crippen LogP contribution is 2.33. The standard InChI is InChI=1S/C21H19N5O3S2/c1-2-22-21(29)25-14-6-3-5-13(9-14)24-17(27)10-26-12-23-19-18(20(26)28)15(11-31-19)16-7-4-8-30-16/h3-9,11-12H,2,10H2,1H3,(H,24,27)(H2,22,25,29). The smallest absolute Gasteiger partial charge is 0.319 e. The lowest BCUT2D eigenvalue weighted by molar-refractivity contribution is -0.116. The van der Waals surface area contributed by atoms with Gasteiger partial charge >= 0.3 is 6.03 Å². The normalized spacial score (nSPS) is 10.7. The average Bonchev–Trinajstić information content (AvgIpc) is 3.40. The highest BCUT2D eigenvalue weighted by molar-refractivity contribution is 7.18. The van der Waals surface area contributed by atoms with Crippen molar-refractivity contribution in [2.24, 2.45) is 0 Å². The lowest BCUT2D eigenvalue weighted by Gasteiger charge is -2.10. The number of rotatable bonds is 6. The summed E-state index contributed by atoms with van der Waals surface area (Å²) in [6, 6.07) is 10.3. The number of anilines is 2. The second kappa shape index (κ2) is 9.11. The van der Waals surface area contributed by atoms with Gasteiger partial charge in [0.1, 0.15) is 11.4 Å². The third-order valence-corrected chi connectivity index (χ3v) is 6.19. The Morgan fingerprint density at radius 2 is 1.90 bits per heavy atom. The van der Waals surface area contributed by atoms with E-state index in [-0.39, 0.29) is 24.0 Å². The summed E-state index contributed by atoms with van der Waals surface area (Å²) in [5.74, 6) is -0.369. The van der Waals surface area contributed by atoms with Gasteiger partial charge in [-0.1, -0.05) is 12.1 Å². The average molecular weight is 454 g/mol. The first-order valence-electron chi connectivity index (χ1n) is 9.50. The number of hydrogen-bond donors (Lipinski definition) is 3. The van der Waals surface area contributed by atoms with Gasteiger partial charge in [-0.25, -0.2) is 9.78 Å². The molecular weight excluding hydrogens is 434 g/mol. The minimum absolute atomic E-state index is 0.171. The Bertz CT molecular complexity index is 1290. The number of nitrogens with zero attached hydrogens (tertiary/aromatic N) is 2. The minimum Gasteiger partial charge on any atom is -0.338 e. The highest BCUT2D eigenvalue weighted by Gasteiger charge is 2.15. The Labute approximate surface area is 185 Å². The topological polar surface area (TPSA) is 105 Å². The van der Waals surface area contributed by atoms with E-state index in [1.54, 1.807) is 35.6 Å². The predicted octanol–water partition coefficient (Wildman–Crippen LogP) is 3.97. The SMILES string of the molecule is CCNC(=O)Nc1cccc(NC(=O)Cn2cnc3scc(-c4cccs4)c3c2=O)c1. The van der Waals surface area contributed by atoms with Gasteiger partial charge in [-0.3, -0.25) is 14.2 Å². The van der Waals surface area contributed by atoms with Crippen molar-refractivity contribution in [3.05, 3.63) is 63.8 Å². The molecule has 3 amide bonds. The van der Waals surface area contributed by atoms with Gasteiger partial charge in [-0.05, 0) is 36.6 Å². The summed E-state index contributed by atoms with van der Waals surface area (Å²) in [5.41, 5.74) is 1.64. The fourth-order valence-corrected chi connectivity index (χ4v) is 4.78. The third kappa shape index (κ3) is 4.65. The van der Waals surface area contributed by atoms with Crippen molar-refractivity contribution in [2.75, 3.05) is 17.2 Å². The molecule has 0 atom stereocenters. The lowest BCUT2D eigenvalue weighted by atomic mass is 10.2. The molecule has 0 radical (unpaired) electrons. The Kier molecular flexibility index (Phi) is 6.10. The van der Waals surface area contributed by atoms with Crippen LogP contribution in [0, 0.1) is 0 Å². The van der Waals surface area contributed by atoms with Crippen LogP contribution in [0.3, 0.4) is 0 Å². The second-order valence-electron chi connectivity index (χ2n) is 6.60. The zero-order valence-electron chi connectivity index (χ0n) is 16.5. The van der Waals surface area contributed by atoms with E-state index < -0.39 is 0 Å². The highest BCUT2D eigenvalue weighted by atomic mass is 32.1. The number of amides is 3. The summed E-state index contributed by atoms with van der Waals surface area (Å²) in [7, 11) is 0. The number of urea groups is 1. The summed E-state index contributed by atoms with van der Waals surface area (Å²) in [6.07, 6.45) is 1.39. The molecule has 0 aliphatic carbocycles. The van der Waals surface area contributed by atoms with Gasteiger partial charge in [0, 0.05) is 33.7 Å². The molecule has 1 aromatic carbocycles. The molecule has 10 heteroatoms. The van der Waals surface area contributed by atoms with Gasteiger partial charge in [0.05, 0.1) is 11.7 Å². The summed E-state index contributed by atoms with van der Waals surface area (Å²) in [4.78, 5) is 43.2. The molecule has 31 heavy (non-hydrogen) atoms. The van der Waals surface area contributed by atoms with Crippen LogP contribution in [0.15, 0.2) is 58.3 Å². The summed E-state index contributed by atoms with van der Waals surface area (Å²) in [6.45, 7) is 2.16. The zero-order valence-corrected chi connectivity index (χ0v) is 18.2. The maximum atomic E-state index is 13.0. The fraction of sp³-hybridized carbons (Fsp3) is 0.143. The van der Waals surface area contributed by atoms with Crippen molar-refractivity contribution in [1.29, 1.82) is 0 Å². The van der Waals surface area contributed by atoms with Crippen LogP contribution in [0.1, 0.15) is 6.92 Å². The van der Waals surface area contributed by atoms with Gasteiger partial charge in [-0.2, -0.15) is 0 Å². The third-order valence-electron chi connectivity index (χ3n) is 4.40. The van der Waals surface area contributed by atoms with Gasteiger partial charge in [0.15, 0.2) is 0 Å². The molecular formula is C21H19N5O3S2. The van der Waals surface area contributed by atoms with Crippen molar-refractivity contribution in [1.82, 2.24) is 14.9 Å². The minimum atomic E-state index is -0.369. The Morgan fingerprint density at radius 1 is 1.10 bits per heavy atom. The predicted molar refractivity (Wildman–Crippen MR) is 125 cm³/mol. The first-order chi connectivity index (χ1) is 15.0. The molecule has 3 heterocycles. The zero-order chi connectivity index (χ0) is 21.8. The molecule has 0 bridgehead atoms. The van der Waals surface area contributed by atoms with Crippen LogP contribution >= 0.6 is 22.7 Å². The summed E-state index contributed by atoms with van der Waals surface area (Å²) >= 11 is 2.96. The van der Waals surface area contributed by atoms with Crippen molar-refractivity contribution in [3.8, 4) is 10.4 Å². The first-order valence-corrected chi connectivity index (χ1v) is 11.3. The van der Waals surface area contributed by atoms with Crippen LogP contribution in [-0.4, -0.2) is 28.0 Å². The maximum Gasteiger partial charge on any atom is 0.319 e. The van der Waals surface area contributed by atoms with E-state index >= 15 is 0 Å². The molecule has 0 saturated heterocycles. The van der Waals surface area contributed by atoms with E-state index in [0.29, 0.717) is 28.1 Å². The number of aromatic nitrogens is 2. The number of nitrogens with one attached hydrogen (secondary N) is 3. The lowest BCUT2D eigenvalue weighted by Crippen LogP contribution is -2.28. The van der Waals surface area contributed by atoms with E-state index in [1.807, 2.05) is 29.8 Å². The number of thiophene rings is 2. The van der Waals surface area contributed by atoms with Crippen molar-refractivity contribution in [3.63, 3.8) is 0 Å². The number of hydrogen-bond acceptors (Lipinski definition) is 6. The summed E-state index contributed by atoms with van der Waals surface area (Å²) < 4.78 is 1.30. The van der Waals surface area contributed by atoms with Crippen LogP contribution < -0.4 is 21.5 Å². The number of fused-ring (bicyclic) bond motifs is 1. The van der Waals surface area contributed by atoms with Crippen LogP contribution in [0.2, 0.25) is 0 Å². The van der Waals surface area contributed by atoms with Crippen LogP contribution in [0.4, 0.5) is 16.2 Å². The molecule has 0 saturated carbocycles. The summed E-state index contributed by atoms with van der Waals surface area (Å²) in [5, 5.41) is 12.5. The molecule has 4 rings (SSSR count). The largest absolute Gasteiger partial charge is 0.338 e. The quantitative estimate of drug-likeness (QED) is 0.411. The molecule has 0 spiro atoms. The van der Waals surface area contributed by atoms with Crippen LogP contribution in [-0.2, 0) is 11.3 Å². The van der Waals surface area contributed by atoms with Gasteiger partial charge in [0.25, 0.3) is 5.56 Å². The fourth-order valence-electron chi connectivity index (χ4n) is 3.06. The second-order valence-corrected chi connectivity index (χ2v) is 8.40. The molecule has 0 aliphatic heterocycles. The van der Waals surface area contributed by atoms with E-state index in [1.165, 1.54) is 22.2 Å². The van der Waals surface area contributed by atoms with E-state index in [0.717, 1.165) is 10.4 Å². The Balaban J connectivity index is 1.52. The monoisotopic (exact) mass is 453 g/mol. The van der Waals surface area contributed by atoms with Crippen LogP contribution in [0.25, 0.3) is 20.7 Å². The molecule has 0 aliphatic rings. The van der Waals surface area contributed by atoms with E-state index in [2.05, 4.69) is 20.9 Å². The Morgan fingerprint density at radius 3 is 2.65 bits per heavy atom. The van der Waals surface area contributed by atoms with Crippen molar-refractivity contribution >= 4 is 56.2 Å². The molecule has 3 N–H and O–H groups in total. The van der Waals surface area contributed by atoms with E-state index in [9.17, 15) is 14.4 Å². The molecule has 4 aromatic rings. The number of carbonyl (C=O) groups excluding carboxylic acids is 2. The molecule has 158 valence electrons. The van der Waals surface area contributed by atoms with Gasteiger partial charge in [-0.15, -0.1) is 22.7 Å². The van der Waals surface area contributed by atoms with Crippen molar-refractivity contribution in [2.45, 2.75) is 13.5 Å². The van der Waals surface area contributed by atoms with Gasteiger partial charge < -0.3 is 16.0 Å². The Hall–Kier alpha value is -3.50.